The highest BCUT2D eigenvalue weighted by molar-refractivity contribution is 7.90. The fraction of sp³-hybridized carbons (Fsp3) is 0.571. The van der Waals surface area contributed by atoms with Crippen molar-refractivity contribution in [1.29, 1.82) is 5.26 Å². The summed E-state index contributed by atoms with van der Waals surface area (Å²) in [6.45, 7) is 0.368. The molecule has 15 heavy (non-hydrogen) atoms. The van der Waals surface area contributed by atoms with Gasteiger partial charge < -0.3 is 0 Å². The zero-order valence-electron chi connectivity index (χ0n) is 7.93. The standard InChI is InChI=1S/C7H9N3O4S/c1-5(2-8)15(13,14)10-3-6(11)9-7(12)4-10/h5H,3-4H2,1H3,(H,9,11,12). The van der Waals surface area contributed by atoms with Gasteiger partial charge in [0.2, 0.25) is 21.8 Å². The number of carbonyl (C=O) groups is 2. The molecule has 0 aromatic rings. The van der Waals surface area contributed by atoms with Crippen LogP contribution in [-0.2, 0) is 19.6 Å². The summed E-state index contributed by atoms with van der Waals surface area (Å²) in [5.74, 6) is -1.36. The van der Waals surface area contributed by atoms with E-state index in [1.165, 1.54) is 6.92 Å². The minimum absolute atomic E-state index is 0.417. The maximum Gasteiger partial charge on any atom is 0.241 e. The summed E-state index contributed by atoms with van der Waals surface area (Å²) in [6, 6.07) is 1.56. The Morgan fingerprint density at radius 2 is 1.87 bits per heavy atom. The molecular weight excluding hydrogens is 222 g/mol. The van der Waals surface area contributed by atoms with Gasteiger partial charge in [0.25, 0.3) is 0 Å². The summed E-state index contributed by atoms with van der Waals surface area (Å²) in [7, 11) is -3.89. The van der Waals surface area contributed by atoms with Gasteiger partial charge in [-0.15, -0.1) is 0 Å². The second-order valence-corrected chi connectivity index (χ2v) is 5.31. The number of rotatable bonds is 2. The monoisotopic (exact) mass is 231 g/mol. The van der Waals surface area contributed by atoms with Gasteiger partial charge in [-0.2, -0.15) is 9.57 Å². The van der Waals surface area contributed by atoms with Gasteiger partial charge in [0.05, 0.1) is 19.2 Å². The zero-order valence-corrected chi connectivity index (χ0v) is 8.74. The van der Waals surface area contributed by atoms with E-state index in [2.05, 4.69) is 0 Å². The third kappa shape index (κ3) is 2.31. The van der Waals surface area contributed by atoms with Crippen LogP contribution in [-0.4, -0.2) is 42.9 Å². The lowest BCUT2D eigenvalue weighted by Crippen LogP contribution is -2.54. The molecule has 1 unspecified atom stereocenters. The molecule has 0 aromatic heterocycles. The molecule has 0 spiro atoms. The molecule has 82 valence electrons. The molecule has 0 aliphatic carbocycles. The SMILES string of the molecule is CC(C#N)S(=O)(=O)N1CC(=O)NC(=O)C1. The van der Waals surface area contributed by atoms with E-state index in [-0.39, 0.29) is 0 Å². The normalized spacial score (nSPS) is 20.5. The van der Waals surface area contributed by atoms with E-state index in [0.29, 0.717) is 4.31 Å². The molecule has 0 aromatic carbocycles. The Hall–Kier alpha value is -1.46. The highest BCUT2D eigenvalue weighted by atomic mass is 32.2. The van der Waals surface area contributed by atoms with E-state index in [9.17, 15) is 18.0 Å². The molecule has 7 nitrogen and oxygen atoms in total. The number of nitriles is 1. The van der Waals surface area contributed by atoms with Crippen molar-refractivity contribution in [3.8, 4) is 6.07 Å². The second kappa shape index (κ2) is 3.96. The summed E-state index contributed by atoms with van der Waals surface area (Å²) < 4.78 is 23.9. The van der Waals surface area contributed by atoms with Crippen LogP contribution in [0, 0.1) is 11.3 Å². The highest BCUT2D eigenvalue weighted by Crippen LogP contribution is 2.09. The minimum atomic E-state index is -3.89. The molecule has 0 bridgehead atoms. The van der Waals surface area contributed by atoms with E-state index < -0.39 is 40.2 Å². The molecule has 1 rings (SSSR count). The third-order valence-corrected chi connectivity index (χ3v) is 3.88. The van der Waals surface area contributed by atoms with Crippen LogP contribution in [0.15, 0.2) is 0 Å². The first-order valence-electron chi connectivity index (χ1n) is 4.09. The maximum absolute atomic E-state index is 11.6. The molecule has 1 aliphatic heterocycles. The molecule has 1 N–H and O–H groups in total. The minimum Gasteiger partial charge on any atom is -0.294 e. The molecular formula is C7H9N3O4S. The van der Waals surface area contributed by atoms with Crippen molar-refractivity contribution in [1.82, 2.24) is 9.62 Å². The molecule has 1 aliphatic rings. The largest absolute Gasteiger partial charge is 0.294 e. The number of hydrogen-bond acceptors (Lipinski definition) is 5. The Bertz CT molecular complexity index is 420. The van der Waals surface area contributed by atoms with E-state index in [0.717, 1.165) is 0 Å². The molecule has 1 heterocycles. The Kier molecular flexibility index (Phi) is 3.06. The Morgan fingerprint density at radius 3 is 2.27 bits per heavy atom. The number of nitrogens with one attached hydrogen (secondary N) is 1. The quantitative estimate of drug-likeness (QED) is 0.563. The van der Waals surface area contributed by atoms with Gasteiger partial charge in [0, 0.05) is 0 Å². The fourth-order valence-electron chi connectivity index (χ4n) is 1.08. The van der Waals surface area contributed by atoms with Crippen molar-refractivity contribution in [2.45, 2.75) is 12.2 Å². The predicted octanol–water partition coefficient (Wildman–Crippen LogP) is -1.81. The highest BCUT2D eigenvalue weighted by Gasteiger charge is 2.35. The topological polar surface area (TPSA) is 107 Å². The van der Waals surface area contributed by atoms with Gasteiger partial charge in [0.15, 0.2) is 5.25 Å². The maximum atomic E-state index is 11.6. The van der Waals surface area contributed by atoms with Gasteiger partial charge in [-0.25, -0.2) is 8.42 Å². The van der Waals surface area contributed by atoms with Crippen molar-refractivity contribution in [3.63, 3.8) is 0 Å². The molecule has 8 heteroatoms. The molecule has 2 amide bonds. The number of sulfonamides is 1. The fourth-order valence-corrected chi connectivity index (χ4v) is 2.26. The predicted molar refractivity (Wildman–Crippen MR) is 48.7 cm³/mol. The van der Waals surface area contributed by atoms with Crippen molar-refractivity contribution < 1.29 is 18.0 Å². The van der Waals surface area contributed by atoms with E-state index >= 15 is 0 Å². The van der Waals surface area contributed by atoms with Crippen LogP contribution in [0.2, 0.25) is 0 Å². The number of piperazine rings is 1. The smallest absolute Gasteiger partial charge is 0.241 e. The van der Waals surface area contributed by atoms with Gasteiger partial charge in [0.1, 0.15) is 0 Å². The first-order chi connectivity index (χ1) is 6.87. The Labute approximate surface area is 86.7 Å². The number of hydrogen-bond donors (Lipinski definition) is 1. The first kappa shape index (κ1) is 11.6. The lowest BCUT2D eigenvalue weighted by Gasteiger charge is -2.25. The van der Waals surface area contributed by atoms with Crippen LogP contribution in [0.5, 0.6) is 0 Å². The molecule has 1 atom stereocenters. The van der Waals surface area contributed by atoms with E-state index in [4.69, 9.17) is 5.26 Å². The van der Waals surface area contributed by atoms with Gasteiger partial charge in [-0.3, -0.25) is 14.9 Å². The van der Waals surface area contributed by atoms with E-state index in [1.807, 2.05) is 5.32 Å². The molecule has 0 radical (unpaired) electrons. The molecule has 1 saturated heterocycles. The van der Waals surface area contributed by atoms with Crippen molar-refractivity contribution >= 4 is 21.8 Å². The number of amides is 2. The average Bonchev–Trinajstić information content (AvgIpc) is 2.15. The van der Waals surface area contributed by atoms with Crippen LogP contribution >= 0.6 is 0 Å². The zero-order chi connectivity index (χ0) is 11.6. The lowest BCUT2D eigenvalue weighted by molar-refractivity contribution is -0.134. The van der Waals surface area contributed by atoms with Crippen LogP contribution in [0.25, 0.3) is 0 Å². The van der Waals surface area contributed by atoms with Gasteiger partial charge in [-0.05, 0) is 6.92 Å². The Balaban J connectivity index is 2.94. The van der Waals surface area contributed by atoms with Crippen molar-refractivity contribution in [2.75, 3.05) is 13.1 Å². The number of nitrogens with zero attached hydrogens (tertiary/aromatic N) is 2. The summed E-state index contributed by atoms with van der Waals surface area (Å²) >= 11 is 0. The lowest BCUT2D eigenvalue weighted by atomic mass is 10.4. The van der Waals surface area contributed by atoms with Crippen molar-refractivity contribution in [3.05, 3.63) is 0 Å². The van der Waals surface area contributed by atoms with Crippen LogP contribution in [0.4, 0.5) is 0 Å². The second-order valence-electron chi connectivity index (χ2n) is 3.06. The summed E-state index contributed by atoms with van der Waals surface area (Å²) in [4.78, 5) is 21.8. The molecule has 0 saturated carbocycles. The molecule has 1 fully saturated rings. The average molecular weight is 231 g/mol. The third-order valence-electron chi connectivity index (χ3n) is 1.91. The summed E-state index contributed by atoms with van der Waals surface area (Å²) in [6.07, 6.45) is 0. The summed E-state index contributed by atoms with van der Waals surface area (Å²) in [5, 5.41) is 9.20. The van der Waals surface area contributed by atoms with Crippen LogP contribution < -0.4 is 5.32 Å². The number of imide groups is 1. The summed E-state index contributed by atoms with van der Waals surface area (Å²) in [5.41, 5.74) is 0. The van der Waals surface area contributed by atoms with Crippen molar-refractivity contribution in [2.24, 2.45) is 0 Å². The number of carbonyl (C=O) groups excluding carboxylic acids is 2. The van der Waals surface area contributed by atoms with Gasteiger partial charge in [-0.1, -0.05) is 0 Å². The first-order valence-corrected chi connectivity index (χ1v) is 5.59. The van der Waals surface area contributed by atoms with Crippen LogP contribution in [0.3, 0.4) is 0 Å². The Morgan fingerprint density at radius 1 is 1.40 bits per heavy atom. The van der Waals surface area contributed by atoms with E-state index in [1.54, 1.807) is 6.07 Å². The van der Waals surface area contributed by atoms with Crippen LogP contribution in [0.1, 0.15) is 6.92 Å². The van der Waals surface area contributed by atoms with Gasteiger partial charge >= 0.3 is 0 Å².